The predicted octanol–water partition coefficient (Wildman–Crippen LogP) is -6.85. The van der Waals surface area contributed by atoms with Crippen LogP contribution in [0.2, 0.25) is 0 Å². The number of carbonyl (C=O) groups is 16. The number of guanidine groups is 1. The van der Waals surface area contributed by atoms with Crippen molar-refractivity contribution in [2.75, 3.05) is 91.3 Å². The van der Waals surface area contributed by atoms with E-state index in [2.05, 4.69) is 57.8 Å². The number of urea groups is 1. The Morgan fingerprint density at radius 2 is 1.29 bits per heavy atom. The maximum atomic E-state index is 14.9. The molecule has 9 amide bonds. The number of aromatic amines is 1. The molecule has 6 saturated heterocycles. The Labute approximate surface area is 830 Å². The first-order chi connectivity index (χ1) is 67.7. The average Bonchev–Trinajstić information content (AvgIpc) is 1.36. The van der Waals surface area contributed by atoms with Crippen LogP contribution in [0.25, 0.3) is 0 Å². The molecular formula is C91H146N14O37S. The number of amides is 9. The molecule has 7 heterocycles. The lowest BCUT2D eigenvalue weighted by molar-refractivity contribution is -0.386. The van der Waals surface area contributed by atoms with Crippen molar-refractivity contribution in [3.05, 3.63) is 18.2 Å². The van der Waals surface area contributed by atoms with E-state index < -0.39 is 329 Å². The number of likely N-dealkylation sites (tertiary alicyclic amines) is 1. The number of Topliss-reactive ketones (excluding diaryl/α,β-unsaturated/α-hetero) is 6. The van der Waals surface area contributed by atoms with Gasteiger partial charge in [0.2, 0.25) is 41.4 Å². The molecule has 6 aliphatic heterocycles. The zero-order valence-corrected chi connectivity index (χ0v) is 82.4. The smallest absolute Gasteiger partial charge is 0.364 e. The number of carboxylic acids is 2. The molecule has 7 rings (SSSR count). The van der Waals surface area contributed by atoms with Gasteiger partial charge in [0.05, 0.1) is 139 Å². The SMILES string of the molecule is CC(=O)[C@H](CCCNC(=N)N)CC(=O)[C@@H](NC(=O)[C@H](CC(=O)O)CC(=O)C1CCCN1C(=O)[C@H](C)NC(=O)[C@H](CO)CC(=O)[C@@H](NC(=O)C(CC(=O)CNC(=O)[C@@H](CC(=O)CCC(=O)NCCOCCOCCNC(=O)CCCC[C@@H]1SC[C@@H]2NC(=O)N[C@@H]21)Cc1cnc[nH]1)C(C)C)C(C)O)C(C)O[C@H]1OC(CO)[C@H](O)[C@H](O[C@@H]2OC(CO)[C@H](O)[C@H](O[C@]3(C(=O)O)C[C@@H](O)[C@@H](C)C([C@H](O)[C@H](O)CO)O3)C2O)C1C. The lowest BCUT2D eigenvalue weighted by Crippen LogP contribution is -2.68. The zero-order chi connectivity index (χ0) is 106. The largest absolute Gasteiger partial charge is 0.481 e. The Bertz CT molecular complexity index is 4390. The molecule has 1 aromatic rings. The Balaban J connectivity index is 0.914. The predicted molar refractivity (Wildman–Crippen MR) is 497 cm³/mol. The number of fused-ring (bicyclic) bond motifs is 1. The molecule has 0 radical (unpaired) electrons. The Morgan fingerprint density at radius 1 is 0.664 bits per heavy atom. The Kier molecular flexibility index (Phi) is 49.6. The third-order valence-corrected chi connectivity index (χ3v) is 28.0. The highest BCUT2D eigenvalue weighted by Gasteiger charge is 2.60. The van der Waals surface area contributed by atoms with Crippen LogP contribution in [0.5, 0.6) is 0 Å². The van der Waals surface area contributed by atoms with E-state index in [-0.39, 0.29) is 121 Å². The van der Waals surface area contributed by atoms with Crippen LogP contribution in [0.1, 0.15) is 170 Å². The fourth-order valence-electron chi connectivity index (χ4n) is 18.0. The number of hydrogen-bond acceptors (Lipinski definition) is 38. The number of hydrogen-bond donors (Lipinski definition) is 25. The van der Waals surface area contributed by atoms with E-state index in [9.17, 15) is 143 Å². The standard InChI is InChI=1S/C91H146N14O37S/c1-43(2)57(33-56(113)36-98-81(127)51(27-54-35-94-42-99-54)28-55(112)17-18-69(120)96-21-24-136-26-25-135-23-20-95-68(119)16-10-9-15-67-73-58(41-143-67)101-90(134)104-73)84(130)102-71(48(7)111)61(115)31-53(37-106)83(129)100-46(5)85(131)105-22-12-14-59(105)60(114)30-52(32-70(121)122)82(128)103-72(62(116)29-50(47(6)110)13-11-19-97-89(92)93)49(8)137-86-45(4)78(75(124)65(39-108)138-86)140-87-77(126)80(76(125)66(40-109)139-87)142-91(88(132)133)34-63(117)44(3)79(141-91)74(123)64(118)38-107/h35,42-46,48-53,57-59,63-67,71-80,86-87,106-109,111,117-118,123-126H,9-34,36-41H2,1-8H3,(H,94,99)(H,95,119)(H,96,120)(H,98,127)(H,100,129)(H,102,130)(H,103,128)(H,121,122)(H,132,133)(H4,92,93,97)(H2,101,104,134)/t44-,45?,46+,48?,49?,50-,51-,52+,53+,57?,58+,59?,63-,64-,65?,66?,67+,71+,72+,73+,74-,75+,76+,77?,78-,79?,80+,86+,87+,91+/m1/s1. The number of nitrogens with two attached hydrogens (primary N) is 1. The summed E-state index contributed by atoms with van der Waals surface area (Å²) < 4.78 is 46.8. The van der Waals surface area contributed by atoms with Crippen molar-refractivity contribution in [3.63, 3.8) is 0 Å². The number of thioether (sulfide) groups is 1. The zero-order valence-electron chi connectivity index (χ0n) is 81.6. The van der Waals surface area contributed by atoms with E-state index in [4.69, 9.17) is 49.0 Å². The van der Waals surface area contributed by atoms with E-state index in [0.29, 0.717) is 23.9 Å². The number of ketones is 6. The molecule has 0 bridgehead atoms. The summed E-state index contributed by atoms with van der Waals surface area (Å²) in [5.41, 5.74) is 5.92. The van der Waals surface area contributed by atoms with Gasteiger partial charge in [-0.15, -0.1) is 0 Å². The van der Waals surface area contributed by atoms with Crippen LogP contribution >= 0.6 is 11.8 Å². The second-order valence-corrected chi connectivity index (χ2v) is 39.0. The lowest BCUT2D eigenvalue weighted by Gasteiger charge is -2.50. The van der Waals surface area contributed by atoms with Gasteiger partial charge in [0.15, 0.2) is 41.7 Å². The minimum atomic E-state index is -3.07. The average molecular weight is 2060 g/mol. The maximum Gasteiger partial charge on any atom is 0.364 e. The molecule has 9 unspecified atom stereocenters. The fraction of sp³-hybridized carbons (Fsp3) is 0.780. The van der Waals surface area contributed by atoms with E-state index in [0.717, 1.165) is 36.8 Å². The second-order valence-electron chi connectivity index (χ2n) is 37.8. The first-order valence-electron chi connectivity index (χ1n) is 48.3. The normalized spacial score (nSPS) is 27.3. The summed E-state index contributed by atoms with van der Waals surface area (Å²) in [6, 6.07) is -6.45. The second kappa shape index (κ2) is 58.8. The quantitative estimate of drug-likeness (QED) is 0.0125. The van der Waals surface area contributed by atoms with E-state index >= 15 is 0 Å². The summed E-state index contributed by atoms with van der Waals surface area (Å²) in [6.07, 6.45) is -28.4. The van der Waals surface area contributed by atoms with Crippen molar-refractivity contribution in [2.24, 2.45) is 53.1 Å². The van der Waals surface area contributed by atoms with E-state index in [1.165, 1.54) is 47.1 Å². The molecule has 143 heavy (non-hydrogen) atoms. The molecule has 0 aromatic carbocycles. The van der Waals surface area contributed by atoms with Gasteiger partial charge < -0.3 is 168 Å². The van der Waals surface area contributed by atoms with Crippen LogP contribution in [-0.4, -0.2) is 412 Å². The maximum absolute atomic E-state index is 14.9. The lowest BCUT2D eigenvalue weighted by atomic mass is 9.84. The summed E-state index contributed by atoms with van der Waals surface area (Å²) in [5.74, 6) is -26.0. The number of nitrogens with zero attached hydrogens (tertiary/aromatic N) is 2. The third kappa shape index (κ3) is 36.0. The number of imidazole rings is 1. The van der Waals surface area contributed by atoms with Crippen molar-refractivity contribution in [2.45, 2.75) is 310 Å². The molecule has 30 atom stereocenters. The molecule has 0 aliphatic carbocycles. The first kappa shape index (κ1) is 121. The highest BCUT2D eigenvalue weighted by Crippen LogP contribution is 2.42. The number of aliphatic hydroxyl groups is 11. The van der Waals surface area contributed by atoms with Crippen LogP contribution < -0.4 is 53.6 Å². The molecule has 808 valence electrons. The molecule has 51 nitrogen and oxygen atoms in total. The van der Waals surface area contributed by atoms with Gasteiger partial charge in [0.1, 0.15) is 78.5 Å². The van der Waals surface area contributed by atoms with Crippen LogP contribution in [0.3, 0.4) is 0 Å². The third-order valence-electron chi connectivity index (χ3n) is 26.5. The number of aliphatic carboxylic acids is 2. The molecule has 0 saturated carbocycles. The molecular weight excluding hydrogens is 1910 g/mol. The first-order valence-corrected chi connectivity index (χ1v) is 49.4. The van der Waals surface area contributed by atoms with Gasteiger partial charge in [0, 0.05) is 137 Å². The van der Waals surface area contributed by atoms with Crippen LogP contribution in [0.4, 0.5) is 4.79 Å². The van der Waals surface area contributed by atoms with Crippen molar-refractivity contribution in [1.82, 2.24) is 62.7 Å². The van der Waals surface area contributed by atoms with Crippen LogP contribution in [0, 0.1) is 52.8 Å². The number of nitrogens with one attached hydrogen (secondary N) is 11. The van der Waals surface area contributed by atoms with Crippen molar-refractivity contribution in [1.29, 1.82) is 5.41 Å². The summed E-state index contributed by atoms with van der Waals surface area (Å²) >= 11 is 1.83. The Hall–Kier alpha value is -9.41. The number of ether oxygens (including phenoxy) is 8. The molecule has 6 aliphatic rings. The fourth-order valence-corrected chi connectivity index (χ4v) is 19.5. The molecule has 26 N–H and O–H groups in total. The van der Waals surface area contributed by atoms with Gasteiger partial charge in [-0.25, -0.2) is 14.6 Å². The van der Waals surface area contributed by atoms with Gasteiger partial charge in [-0.1, -0.05) is 34.1 Å². The van der Waals surface area contributed by atoms with Gasteiger partial charge >= 0.3 is 18.0 Å². The summed E-state index contributed by atoms with van der Waals surface area (Å²) in [6.45, 7) is 6.98. The summed E-state index contributed by atoms with van der Waals surface area (Å²) in [7, 11) is 0. The number of rotatable bonds is 65. The highest BCUT2D eigenvalue weighted by molar-refractivity contribution is 8.00. The number of unbranched alkanes of at least 4 members (excludes halogenated alkanes) is 1. The molecule has 52 heteroatoms. The Morgan fingerprint density at radius 3 is 1.90 bits per heavy atom. The van der Waals surface area contributed by atoms with Crippen LogP contribution in [0.15, 0.2) is 12.5 Å². The topological polar surface area (TPSA) is 800 Å². The van der Waals surface area contributed by atoms with Crippen LogP contribution in [-0.2, 0) is 116 Å². The minimum Gasteiger partial charge on any atom is -0.481 e. The number of aromatic nitrogens is 2. The molecule has 0 spiro atoms. The number of aliphatic hydroxyl groups excluding tert-OH is 11. The summed E-state index contributed by atoms with van der Waals surface area (Å²) in [5, 5.41) is 172. The van der Waals surface area contributed by atoms with Crippen molar-refractivity contribution >= 4 is 112 Å². The highest BCUT2D eigenvalue weighted by atomic mass is 32.2. The molecule has 6 fully saturated rings. The van der Waals surface area contributed by atoms with Crippen molar-refractivity contribution < 1.29 is 181 Å². The number of carboxylic acid groups (broad SMARTS) is 2. The minimum absolute atomic E-state index is 0.00232. The number of carbonyl (C=O) groups excluding carboxylic acids is 14. The van der Waals surface area contributed by atoms with Crippen molar-refractivity contribution in [3.8, 4) is 0 Å². The monoisotopic (exact) mass is 2060 g/mol. The van der Waals surface area contributed by atoms with E-state index in [1.54, 1.807) is 13.8 Å². The summed E-state index contributed by atoms with van der Waals surface area (Å²) in [4.78, 5) is 225. The van der Waals surface area contributed by atoms with Gasteiger partial charge in [-0.05, 0) is 72.1 Å². The van der Waals surface area contributed by atoms with E-state index in [1.807, 2.05) is 11.8 Å². The van der Waals surface area contributed by atoms with Gasteiger partial charge in [-0.2, -0.15) is 11.8 Å². The molecule has 1 aromatic heterocycles. The van der Waals surface area contributed by atoms with Gasteiger partial charge in [0.25, 0.3) is 5.79 Å². The number of H-pyrrole nitrogens is 1. The van der Waals surface area contributed by atoms with Gasteiger partial charge in [-0.3, -0.25) is 72.5 Å².